The fourth-order valence-corrected chi connectivity index (χ4v) is 6.64. The number of hydrogen-bond acceptors (Lipinski definition) is 4. The third-order valence-corrected chi connectivity index (χ3v) is 8.88. The van der Waals surface area contributed by atoms with Gasteiger partial charge in [-0.3, -0.25) is 0 Å². The molecule has 2 heterocycles. The lowest BCUT2D eigenvalue weighted by Gasteiger charge is -2.41. The Morgan fingerprint density at radius 1 is 0.675 bits per heavy atom. The first-order valence-electron chi connectivity index (χ1n) is 14.2. The molecule has 2 unspecified atom stereocenters. The highest BCUT2D eigenvalue weighted by Crippen LogP contribution is 2.51. The van der Waals surface area contributed by atoms with Crippen molar-refractivity contribution in [3.05, 3.63) is 118 Å². The fraction of sp³-hybridized carbons (Fsp3) is 0.278. The average Bonchev–Trinajstić information content (AvgIpc) is 3.90. The van der Waals surface area contributed by atoms with Gasteiger partial charge >= 0.3 is 0 Å². The summed E-state index contributed by atoms with van der Waals surface area (Å²) in [4.78, 5) is 0. The molecule has 200 valence electrons. The van der Waals surface area contributed by atoms with Gasteiger partial charge in [-0.15, -0.1) is 0 Å². The van der Waals surface area contributed by atoms with Crippen molar-refractivity contribution >= 4 is 21.5 Å². The van der Waals surface area contributed by atoms with E-state index in [2.05, 4.69) is 98.8 Å². The molecule has 4 nitrogen and oxygen atoms in total. The van der Waals surface area contributed by atoms with Crippen LogP contribution in [0.4, 0.5) is 0 Å². The minimum Gasteiger partial charge on any atom is -0.491 e. The smallest absolute Gasteiger partial charge is 0.122 e. The van der Waals surface area contributed by atoms with Gasteiger partial charge in [0.2, 0.25) is 0 Å². The van der Waals surface area contributed by atoms with Crippen molar-refractivity contribution in [2.45, 2.75) is 37.9 Å². The van der Waals surface area contributed by atoms with E-state index in [9.17, 15) is 0 Å². The summed E-state index contributed by atoms with van der Waals surface area (Å²) in [5, 5.41) is 5.32. The van der Waals surface area contributed by atoms with E-state index in [0.29, 0.717) is 13.2 Å². The molecule has 0 amide bonds. The standard InChI is InChI=1S/C36H32O4/c1-22-15-27(11-13-32(22)39-20-29-18-37-29)36(28-12-14-33(23(2)16-28)40-21-30-19-38-30)17-26-7-3-5-24-9-10-25-6-4-8-31(36)35(25)34(24)26/h3-16,29-30H,17-21H2,1-2H3. The minimum atomic E-state index is -0.367. The fourth-order valence-electron chi connectivity index (χ4n) is 6.64. The van der Waals surface area contributed by atoms with Crippen LogP contribution in [0.5, 0.6) is 11.5 Å². The summed E-state index contributed by atoms with van der Waals surface area (Å²) in [6.45, 7) is 7.10. The molecule has 5 aromatic carbocycles. The van der Waals surface area contributed by atoms with Crippen LogP contribution in [0, 0.1) is 13.8 Å². The number of ether oxygens (including phenoxy) is 4. The lowest BCUT2D eigenvalue weighted by molar-refractivity contribution is 0.261. The summed E-state index contributed by atoms with van der Waals surface area (Å²) in [5.41, 5.74) is 7.21. The van der Waals surface area contributed by atoms with Crippen LogP contribution in [0.25, 0.3) is 21.5 Å². The molecule has 0 aromatic heterocycles. The van der Waals surface area contributed by atoms with Gasteiger partial charge in [0.1, 0.15) is 36.9 Å². The molecule has 5 aromatic rings. The Kier molecular flexibility index (Phi) is 5.45. The maximum Gasteiger partial charge on any atom is 0.122 e. The quantitative estimate of drug-likeness (QED) is 0.160. The van der Waals surface area contributed by atoms with Crippen LogP contribution in [-0.2, 0) is 21.3 Å². The van der Waals surface area contributed by atoms with E-state index in [-0.39, 0.29) is 17.6 Å². The zero-order chi connectivity index (χ0) is 26.8. The molecular weight excluding hydrogens is 496 g/mol. The number of epoxide rings is 2. The van der Waals surface area contributed by atoms with Gasteiger partial charge in [-0.25, -0.2) is 0 Å². The third kappa shape index (κ3) is 3.89. The summed E-state index contributed by atoms with van der Waals surface area (Å²) in [7, 11) is 0. The van der Waals surface area contributed by atoms with Crippen LogP contribution >= 0.6 is 0 Å². The van der Waals surface area contributed by atoms with Crippen LogP contribution in [0.2, 0.25) is 0 Å². The predicted molar refractivity (Wildman–Crippen MR) is 158 cm³/mol. The lowest BCUT2D eigenvalue weighted by atomic mass is 9.61. The van der Waals surface area contributed by atoms with E-state index >= 15 is 0 Å². The van der Waals surface area contributed by atoms with Gasteiger partial charge in [0.15, 0.2) is 0 Å². The maximum absolute atomic E-state index is 6.14. The van der Waals surface area contributed by atoms with Gasteiger partial charge in [0.05, 0.1) is 13.2 Å². The summed E-state index contributed by atoms with van der Waals surface area (Å²) in [6.07, 6.45) is 1.34. The topological polar surface area (TPSA) is 43.5 Å². The van der Waals surface area contributed by atoms with Crippen LogP contribution < -0.4 is 9.47 Å². The van der Waals surface area contributed by atoms with E-state index in [4.69, 9.17) is 18.9 Å². The minimum absolute atomic E-state index is 0.230. The zero-order valence-electron chi connectivity index (χ0n) is 22.9. The van der Waals surface area contributed by atoms with E-state index < -0.39 is 0 Å². The van der Waals surface area contributed by atoms with Crippen molar-refractivity contribution in [2.24, 2.45) is 0 Å². The SMILES string of the molecule is Cc1cc(C2(c3ccc(OCC4CO4)c(C)c3)Cc3cccc4ccc5cccc2c5c34)ccc1OCC1CO1. The Hall–Kier alpha value is -3.86. The molecule has 2 saturated heterocycles. The molecule has 2 aliphatic heterocycles. The Morgan fingerprint density at radius 2 is 1.23 bits per heavy atom. The molecule has 8 rings (SSSR count). The van der Waals surface area contributed by atoms with E-state index in [1.165, 1.54) is 43.8 Å². The second-order valence-corrected chi connectivity index (χ2v) is 11.6. The molecule has 0 saturated carbocycles. The van der Waals surface area contributed by atoms with Crippen molar-refractivity contribution in [3.8, 4) is 11.5 Å². The predicted octanol–water partition coefficient (Wildman–Crippen LogP) is 7.06. The summed E-state index contributed by atoms with van der Waals surface area (Å²) < 4.78 is 23.0. The number of hydrogen-bond donors (Lipinski definition) is 0. The molecule has 0 radical (unpaired) electrons. The first kappa shape index (κ1) is 24.0. The van der Waals surface area contributed by atoms with Gasteiger partial charge < -0.3 is 18.9 Å². The average molecular weight is 529 g/mol. The van der Waals surface area contributed by atoms with Crippen LogP contribution in [0.1, 0.15) is 33.4 Å². The van der Waals surface area contributed by atoms with Gasteiger partial charge in [-0.05, 0) is 87.3 Å². The first-order chi connectivity index (χ1) is 19.6. The number of benzene rings is 5. The first-order valence-corrected chi connectivity index (χ1v) is 14.2. The van der Waals surface area contributed by atoms with Crippen molar-refractivity contribution in [2.75, 3.05) is 26.4 Å². The normalized spacial score (nSPS) is 22.6. The highest BCUT2D eigenvalue weighted by atomic mass is 16.6. The Balaban J connectivity index is 1.34. The lowest BCUT2D eigenvalue weighted by Crippen LogP contribution is -2.34. The second kappa shape index (κ2) is 9.09. The van der Waals surface area contributed by atoms with Crippen molar-refractivity contribution < 1.29 is 18.9 Å². The molecule has 0 spiro atoms. The molecule has 2 atom stereocenters. The molecule has 40 heavy (non-hydrogen) atoms. The highest BCUT2D eigenvalue weighted by Gasteiger charge is 2.42. The molecular formula is C36H32O4. The van der Waals surface area contributed by atoms with Gasteiger partial charge in [0.25, 0.3) is 0 Å². The van der Waals surface area contributed by atoms with Crippen LogP contribution in [0.3, 0.4) is 0 Å². The highest BCUT2D eigenvalue weighted by molar-refractivity contribution is 6.12. The Bertz CT molecular complexity index is 1710. The van der Waals surface area contributed by atoms with Gasteiger partial charge in [-0.2, -0.15) is 0 Å². The molecule has 0 N–H and O–H groups in total. The largest absolute Gasteiger partial charge is 0.491 e. The van der Waals surface area contributed by atoms with E-state index in [0.717, 1.165) is 42.3 Å². The van der Waals surface area contributed by atoms with Crippen molar-refractivity contribution in [1.29, 1.82) is 0 Å². The molecule has 4 heteroatoms. The van der Waals surface area contributed by atoms with Crippen LogP contribution in [-0.4, -0.2) is 38.6 Å². The van der Waals surface area contributed by atoms with E-state index in [1.54, 1.807) is 0 Å². The molecule has 3 aliphatic rings. The zero-order valence-corrected chi connectivity index (χ0v) is 22.9. The molecule has 2 fully saturated rings. The van der Waals surface area contributed by atoms with Crippen molar-refractivity contribution in [3.63, 3.8) is 0 Å². The maximum atomic E-state index is 6.14. The summed E-state index contributed by atoms with van der Waals surface area (Å²) in [5.74, 6) is 1.85. The summed E-state index contributed by atoms with van der Waals surface area (Å²) >= 11 is 0. The number of aryl methyl sites for hydroxylation is 2. The molecule has 1 aliphatic carbocycles. The van der Waals surface area contributed by atoms with Gasteiger partial charge in [0, 0.05) is 5.41 Å². The third-order valence-electron chi connectivity index (χ3n) is 8.88. The van der Waals surface area contributed by atoms with Crippen LogP contribution in [0.15, 0.2) is 84.9 Å². The number of rotatable bonds is 8. The summed E-state index contributed by atoms with van der Waals surface area (Å²) in [6, 6.07) is 31.6. The molecule has 0 bridgehead atoms. The monoisotopic (exact) mass is 528 g/mol. The van der Waals surface area contributed by atoms with Crippen molar-refractivity contribution in [1.82, 2.24) is 0 Å². The second-order valence-electron chi connectivity index (χ2n) is 11.6. The van der Waals surface area contributed by atoms with E-state index in [1.807, 2.05) is 0 Å². The van der Waals surface area contributed by atoms with Gasteiger partial charge in [-0.1, -0.05) is 72.8 Å². The Labute approximate surface area is 234 Å². The Morgan fingerprint density at radius 3 is 1.77 bits per heavy atom.